The van der Waals surface area contributed by atoms with E-state index in [1.807, 2.05) is 19.9 Å². The van der Waals surface area contributed by atoms with Crippen molar-refractivity contribution in [3.8, 4) is 6.07 Å². The van der Waals surface area contributed by atoms with E-state index in [9.17, 15) is 0 Å². The topological polar surface area (TPSA) is 70.0 Å². The highest BCUT2D eigenvalue weighted by molar-refractivity contribution is 5.59. The van der Waals surface area contributed by atoms with E-state index in [-0.39, 0.29) is 0 Å². The molecule has 0 radical (unpaired) electrons. The Labute approximate surface area is 107 Å². The number of rotatable bonds is 3. The number of hydrogen-bond donors (Lipinski definition) is 2. The minimum absolute atomic E-state index is 0.291. The first kappa shape index (κ1) is 12.8. The molecular formula is C13H18N4O. The molecule has 1 aromatic heterocycles. The summed E-state index contributed by atoms with van der Waals surface area (Å²) in [5, 5.41) is 15.8. The van der Waals surface area contributed by atoms with Crippen LogP contribution < -0.4 is 10.6 Å². The van der Waals surface area contributed by atoms with Crippen LogP contribution >= 0.6 is 0 Å². The highest BCUT2D eigenvalue weighted by atomic mass is 16.5. The van der Waals surface area contributed by atoms with Gasteiger partial charge in [0.15, 0.2) is 0 Å². The summed E-state index contributed by atoms with van der Waals surface area (Å²) < 4.78 is 5.39. The van der Waals surface area contributed by atoms with Crippen molar-refractivity contribution < 1.29 is 4.74 Å². The maximum atomic E-state index is 9.16. The van der Waals surface area contributed by atoms with Gasteiger partial charge in [-0.2, -0.15) is 5.26 Å². The van der Waals surface area contributed by atoms with Crippen molar-refractivity contribution in [3.05, 3.63) is 23.0 Å². The second-order valence-electron chi connectivity index (χ2n) is 4.49. The summed E-state index contributed by atoms with van der Waals surface area (Å²) in [5.74, 6) is 0. The van der Waals surface area contributed by atoms with Gasteiger partial charge in [0.25, 0.3) is 0 Å². The Hall–Kier alpha value is -1.64. The number of aryl methyl sites for hydroxylation is 2. The first-order chi connectivity index (χ1) is 8.70. The monoisotopic (exact) mass is 246 g/mol. The van der Waals surface area contributed by atoms with E-state index in [1.54, 1.807) is 0 Å². The van der Waals surface area contributed by atoms with Crippen molar-refractivity contribution in [2.24, 2.45) is 0 Å². The van der Waals surface area contributed by atoms with Gasteiger partial charge in [0.05, 0.1) is 30.2 Å². The Bertz CT molecular complexity index is 461. The molecule has 1 atom stereocenters. The summed E-state index contributed by atoms with van der Waals surface area (Å²) in [7, 11) is 0. The van der Waals surface area contributed by atoms with Gasteiger partial charge in [0.1, 0.15) is 6.07 Å². The SMILES string of the molecule is Cc1cc(NCC2COCCN2)c(C#N)c(C)n1. The van der Waals surface area contributed by atoms with E-state index in [2.05, 4.69) is 21.7 Å². The largest absolute Gasteiger partial charge is 0.382 e. The molecule has 1 aliphatic heterocycles. The van der Waals surface area contributed by atoms with Crippen molar-refractivity contribution in [2.45, 2.75) is 19.9 Å². The summed E-state index contributed by atoms with van der Waals surface area (Å²) in [6.07, 6.45) is 0. The van der Waals surface area contributed by atoms with Crippen LogP contribution in [0.5, 0.6) is 0 Å². The minimum Gasteiger partial charge on any atom is -0.382 e. The van der Waals surface area contributed by atoms with E-state index >= 15 is 0 Å². The van der Waals surface area contributed by atoms with E-state index in [1.165, 1.54) is 0 Å². The number of ether oxygens (including phenoxy) is 1. The predicted molar refractivity (Wildman–Crippen MR) is 69.5 cm³/mol. The highest BCUT2D eigenvalue weighted by Gasteiger charge is 2.14. The van der Waals surface area contributed by atoms with Crippen LogP contribution in [0.1, 0.15) is 17.0 Å². The molecule has 0 spiro atoms. The molecule has 0 amide bonds. The van der Waals surface area contributed by atoms with Gasteiger partial charge in [-0.15, -0.1) is 0 Å². The average molecular weight is 246 g/mol. The second kappa shape index (κ2) is 5.80. The second-order valence-corrected chi connectivity index (χ2v) is 4.49. The van der Waals surface area contributed by atoms with E-state index in [0.717, 1.165) is 36.8 Å². The van der Waals surface area contributed by atoms with Gasteiger partial charge in [-0.25, -0.2) is 0 Å². The lowest BCUT2D eigenvalue weighted by Gasteiger charge is -2.24. The zero-order chi connectivity index (χ0) is 13.0. The lowest BCUT2D eigenvalue weighted by molar-refractivity contribution is 0.0806. The Balaban J connectivity index is 2.06. The minimum atomic E-state index is 0.291. The van der Waals surface area contributed by atoms with Crippen LogP contribution in [0, 0.1) is 25.2 Å². The standard InChI is InChI=1S/C13H18N4O/c1-9-5-13(12(6-14)10(2)17-9)16-7-11-8-18-4-3-15-11/h5,11,15H,3-4,7-8H2,1-2H3,(H,16,17). The predicted octanol–water partition coefficient (Wildman–Crippen LogP) is 0.970. The molecule has 5 heteroatoms. The molecule has 0 aromatic carbocycles. The van der Waals surface area contributed by atoms with Gasteiger partial charge in [0, 0.05) is 24.8 Å². The van der Waals surface area contributed by atoms with Crippen LogP contribution in [0.2, 0.25) is 0 Å². The summed E-state index contributed by atoms with van der Waals surface area (Å²) >= 11 is 0. The smallest absolute Gasteiger partial charge is 0.103 e. The summed E-state index contributed by atoms with van der Waals surface area (Å²) in [4.78, 5) is 4.30. The van der Waals surface area contributed by atoms with Gasteiger partial charge < -0.3 is 15.4 Å². The van der Waals surface area contributed by atoms with Crippen LogP contribution in [0.15, 0.2) is 6.07 Å². The highest BCUT2D eigenvalue weighted by Crippen LogP contribution is 2.18. The third-order valence-electron chi connectivity index (χ3n) is 2.98. The summed E-state index contributed by atoms with van der Waals surface area (Å²) in [5.41, 5.74) is 3.17. The number of hydrogen-bond acceptors (Lipinski definition) is 5. The summed E-state index contributed by atoms with van der Waals surface area (Å²) in [6, 6.07) is 4.40. The number of nitrogens with one attached hydrogen (secondary N) is 2. The number of anilines is 1. The van der Waals surface area contributed by atoms with Gasteiger partial charge in [-0.05, 0) is 19.9 Å². The van der Waals surface area contributed by atoms with Crippen LogP contribution in [0.25, 0.3) is 0 Å². The molecule has 1 aromatic rings. The third-order valence-corrected chi connectivity index (χ3v) is 2.98. The zero-order valence-corrected chi connectivity index (χ0v) is 10.8. The van der Waals surface area contributed by atoms with E-state index in [4.69, 9.17) is 10.00 Å². The van der Waals surface area contributed by atoms with E-state index < -0.39 is 0 Å². The molecule has 5 nitrogen and oxygen atoms in total. The van der Waals surface area contributed by atoms with Crippen LogP contribution in [-0.2, 0) is 4.74 Å². The van der Waals surface area contributed by atoms with Crippen LogP contribution in [0.3, 0.4) is 0 Å². The quantitative estimate of drug-likeness (QED) is 0.831. The molecule has 0 saturated carbocycles. The number of morpholine rings is 1. The molecule has 2 N–H and O–H groups in total. The fourth-order valence-electron chi connectivity index (χ4n) is 2.09. The van der Waals surface area contributed by atoms with Gasteiger partial charge >= 0.3 is 0 Å². The number of pyridine rings is 1. The lowest BCUT2D eigenvalue weighted by Crippen LogP contribution is -2.45. The van der Waals surface area contributed by atoms with Gasteiger partial charge in [-0.1, -0.05) is 0 Å². The van der Waals surface area contributed by atoms with Gasteiger partial charge in [0.2, 0.25) is 0 Å². The van der Waals surface area contributed by atoms with E-state index in [0.29, 0.717) is 18.2 Å². The number of nitrogens with zero attached hydrogens (tertiary/aromatic N) is 2. The van der Waals surface area contributed by atoms with Gasteiger partial charge in [-0.3, -0.25) is 4.98 Å². The van der Waals surface area contributed by atoms with Crippen molar-refractivity contribution >= 4 is 5.69 Å². The Morgan fingerprint density at radius 2 is 2.44 bits per heavy atom. The summed E-state index contributed by atoms with van der Waals surface area (Å²) in [6.45, 7) is 6.90. The number of nitriles is 1. The van der Waals surface area contributed by atoms with Crippen molar-refractivity contribution in [1.82, 2.24) is 10.3 Å². The van der Waals surface area contributed by atoms with Crippen LogP contribution in [0.4, 0.5) is 5.69 Å². The zero-order valence-electron chi connectivity index (χ0n) is 10.8. The normalized spacial score (nSPS) is 19.3. The lowest BCUT2D eigenvalue weighted by atomic mass is 10.1. The van der Waals surface area contributed by atoms with Crippen molar-refractivity contribution in [2.75, 3.05) is 31.6 Å². The maximum Gasteiger partial charge on any atom is 0.103 e. The molecule has 1 saturated heterocycles. The molecule has 96 valence electrons. The van der Waals surface area contributed by atoms with Crippen molar-refractivity contribution in [3.63, 3.8) is 0 Å². The first-order valence-electron chi connectivity index (χ1n) is 6.14. The maximum absolute atomic E-state index is 9.16. The third kappa shape index (κ3) is 2.97. The molecule has 0 bridgehead atoms. The Morgan fingerprint density at radius 3 is 3.11 bits per heavy atom. The molecule has 1 fully saturated rings. The fourth-order valence-corrected chi connectivity index (χ4v) is 2.09. The van der Waals surface area contributed by atoms with Crippen molar-refractivity contribution in [1.29, 1.82) is 5.26 Å². The molecular weight excluding hydrogens is 228 g/mol. The molecule has 0 aliphatic carbocycles. The first-order valence-corrected chi connectivity index (χ1v) is 6.14. The fraction of sp³-hybridized carbons (Fsp3) is 0.538. The Morgan fingerprint density at radius 1 is 1.61 bits per heavy atom. The van der Waals surface area contributed by atoms with Crippen LogP contribution in [-0.4, -0.2) is 37.3 Å². The molecule has 18 heavy (non-hydrogen) atoms. The molecule has 1 aliphatic rings. The molecule has 2 heterocycles. The molecule has 2 rings (SSSR count). The average Bonchev–Trinajstić information content (AvgIpc) is 2.37. The Kier molecular flexibility index (Phi) is 4.13. The molecule has 1 unspecified atom stereocenters. The number of aromatic nitrogens is 1.